The van der Waals surface area contributed by atoms with E-state index in [-0.39, 0.29) is 0 Å². The van der Waals surface area contributed by atoms with Crippen LogP contribution in [0.2, 0.25) is 0 Å². The van der Waals surface area contributed by atoms with Crippen LogP contribution in [-0.4, -0.2) is 4.98 Å². The maximum Gasteiger partial charge on any atom is 0.110 e. The van der Waals surface area contributed by atoms with E-state index in [1.165, 1.54) is 49.1 Å². The molecule has 0 saturated heterocycles. The Morgan fingerprint density at radius 1 is 1.10 bits per heavy atom. The first-order valence-electron chi connectivity index (χ1n) is 7.28. The van der Waals surface area contributed by atoms with E-state index in [9.17, 15) is 0 Å². The Bertz CT molecular complexity index is 563. The number of aryl methyl sites for hydroxylation is 1. The third-order valence-corrected chi connectivity index (χ3v) is 4.40. The molecule has 0 unspecified atom stereocenters. The highest BCUT2D eigenvalue weighted by molar-refractivity contribution is 7.16. The zero-order valence-electron chi connectivity index (χ0n) is 11.9. The third kappa shape index (κ3) is 4.18. The van der Waals surface area contributed by atoms with Crippen LogP contribution in [0.25, 0.3) is 10.4 Å². The average molecular weight is 284 g/mol. The standard InChI is InChI=1S/C17H20N2S/c1-2-3-4-5-6-7-15-9-8-14(13-19-15)17-11-10-16(12-18)20-17/h8-11,13H,2-7H2,1H3. The van der Waals surface area contributed by atoms with E-state index in [0.29, 0.717) is 0 Å². The number of unbranched alkanes of at least 4 members (excludes halogenated alkanes) is 4. The maximum atomic E-state index is 8.85. The summed E-state index contributed by atoms with van der Waals surface area (Å²) in [5, 5.41) is 8.85. The normalized spacial score (nSPS) is 10.4. The molecule has 104 valence electrons. The Morgan fingerprint density at radius 2 is 1.95 bits per heavy atom. The monoisotopic (exact) mass is 284 g/mol. The quantitative estimate of drug-likeness (QED) is 0.656. The van der Waals surface area contributed by atoms with Gasteiger partial charge in [0.25, 0.3) is 0 Å². The predicted octanol–water partition coefficient (Wildman–Crippen LogP) is 5.19. The number of rotatable bonds is 7. The fourth-order valence-electron chi connectivity index (χ4n) is 2.18. The molecule has 2 heterocycles. The van der Waals surface area contributed by atoms with Crippen LogP contribution in [0.3, 0.4) is 0 Å². The van der Waals surface area contributed by atoms with E-state index in [1.54, 1.807) is 0 Å². The summed E-state index contributed by atoms with van der Waals surface area (Å²) in [5.41, 5.74) is 2.27. The van der Waals surface area contributed by atoms with Crippen molar-refractivity contribution < 1.29 is 0 Å². The first-order valence-corrected chi connectivity index (χ1v) is 8.10. The van der Waals surface area contributed by atoms with Gasteiger partial charge in [-0.2, -0.15) is 5.26 Å². The van der Waals surface area contributed by atoms with E-state index in [1.807, 2.05) is 18.3 Å². The van der Waals surface area contributed by atoms with Gasteiger partial charge in [0.05, 0.1) is 0 Å². The van der Waals surface area contributed by atoms with Crippen molar-refractivity contribution in [3.8, 4) is 16.5 Å². The second-order valence-corrected chi connectivity index (χ2v) is 6.06. The maximum absolute atomic E-state index is 8.85. The van der Waals surface area contributed by atoms with Crippen LogP contribution in [0.1, 0.15) is 49.6 Å². The molecule has 2 aromatic heterocycles. The van der Waals surface area contributed by atoms with Gasteiger partial charge in [-0.15, -0.1) is 11.3 Å². The summed E-state index contributed by atoms with van der Waals surface area (Å²) in [5.74, 6) is 0. The summed E-state index contributed by atoms with van der Waals surface area (Å²) < 4.78 is 0. The van der Waals surface area contributed by atoms with Crippen molar-refractivity contribution in [1.82, 2.24) is 4.98 Å². The van der Waals surface area contributed by atoms with Gasteiger partial charge >= 0.3 is 0 Å². The first-order chi connectivity index (χ1) is 9.83. The van der Waals surface area contributed by atoms with Crippen LogP contribution in [0, 0.1) is 11.3 Å². The molecule has 2 rings (SSSR count). The predicted molar refractivity (Wildman–Crippen MR) is 84.7 cm³/mol. The molecular formula is C17H20N2S. The van der Waals surface area contributed by atoms with E-state index in [2.05, 4.69) is 30.1 Å². The molecule has 0 spiro atoms. The second kappa shape index (κ2) is 7.81. The third-order valence-electron chi connectivity index (χ3n) is 3.36. The minimum atomic E-state index is 0.750. The Labute approximate surface area is 125 Å². The van der Waals surface area contributed by atoms with Gasteiger partial charge in [-0.3, -0.25) is 4.98 Å². The van der Waals surface area contributed by atoms with Crippen molar-refractivity contribution in [1.29, 1.82) is 5.26 Å². The summed E-state index contributed by atoms with van der Waals surface area (Å²) in [6, 6.07) is 10.2. The largest absolute Gasteiger partial charge is 0.261 e. The summed E-state index contributed by atoms with van der Waals surface area (Å²) in [7, 11) is 0. The number of nitrogens with zero attached hydrogens (tertiary/aromatic N) is 2. The molecule has 0 bridgehead atoms. The number of hydrogen-bond acceptors (Lipinski definition) is 3. The SMILES string of the molecule is CCCCCCCc1ccc(-c2ccc(C#N)s2)cn1. The lowest BCUT2D eigenvalue weighted by Crippen LogP contribution is -1.90. The molecule has 0 atom stereocenters. The van der Waals surface area contributed by atoms with Gasteiger partial charge in [-0.05, 0) is 31.0 Å². The Morgan fingerprint density at radius 3 is 2.60 bits per heavy atom. The van der Waals surface area contributed by atoms with Gasteiger partial charge in [-0.1, -0.05) is 38.7 Å². The zero-order chi connectivity index (χ0) is 14.2. The van der Waals surface area contributed by atoms with Crippen molar-refractivity contribution in [3.05, 3.63) is 41.0 Å². The van der Waals surface area contributed by atoms with Crippen molar-refractivity contribution in [2.24, 2.45) is 0 Å². The first kappa shape index (κ1) is 14.7. The molecule has 20 heavy (non-hydrogen) atoms. The number of aromatic nitrogens is 1. The van der Waals surface area contributed by atoms with Gasteiger partial charge in [-0.25, -0.2) is 0 Å². The Balaban J connectivity index is 1.88. The van der Waals surface area contributed by atoms with Crippen molar-refractivity contribution in [2.45, 2.75) is 45.4 Å². The minimum absolute atomic E-state index is 0.750. The highest BCUT2D eigenvalue weighted by Gasteiger charge is 2.03. The summed E-state index contributed by atoms with van der Waals surface area (Å²) in [6.07, 6.45) is 9.48. The molecule has 0 radical (unpaired) electrons. The number of thiophene rings is 1. The number of hydrogen-bond donors (Lipinski definition) is 0. The number of nitriles is 1. The molecule has 0 saturated carbocycles. The topological polar surface area (TPSA) is 36.7 Å². The Kier molecular flexibility index (Phi) is 5.76. The highest BCUT2D eigenvalue weighted by Crippen LogP contribution is 2.27. The molecule has 3 heteroatoms. The van der Waals surface area contributed by atoms with Crippen LogP contribution in [-0.2, 0) is 6.42 Å². The van der Waals surface area contributed by atoms with Gasteiger partial charge < -0.3 is 0 Å². The van der Waals surface area contributed by atoms with E-state index in [0.717, 1.165) is 21.7 Å². The molecule has 2 nitrogen and oxygen atoms in total. The lowest BCUT2D eigenvalue weighted by molar-refractivity contribution is 0.628. The molecule has 0 aliphatic rings. The van der Waals surface area contributed by atoms with Gasteiger partial charge in [0, 0.05) is 22.3 Å². The molecule has 0 N–H and O–H groups in total. The summed E-state index contributed by atoms with van der Waals surface area (Å²) >= 11 is 1.52. The highest BCUT2D eigenvalue weighted by atomic mass is 32.1. The fraction of sp³-hybridized carbons (Fsp3) is 0.412. The lowest BCUT2D eigenvalue weighted by Gasteiger charge is -2.02. The molecule has 0 aliphatic carbocycles. The molecule has 0 aromatic carbocycles. The molecule has 0 amide bonds. The molecular weight excluding hydrogens is 264 g/mol. The van der Waals surface area contributed by atoms with Crippen LogP contribution in [0.4, 0.5) is 0 Å². The van der Waals surface area contributed by atoms with E-state index >= 15 is 0 Å². The Hall–Kier alpha value is -1.66. The average Bonchev–Trinajstić information content (AvgIpc) is 2.97. The van der Waals surface area contributed by atoms with Crippen LogP contribution in [0.5, 0.6) is 0 Å². The van der Waals surface area contributed by atoms with Crippen molar-refractivity contribution in [2.75, 3.05) is 0 Å². The zero-order valence-corrected chi connectivity index (χ0v) is 12.7. The van der Waals surface area contributed by atoms with E-state index in [4.69, 9.17) is 5.26 Å². The van der Waals surface area contributed by atoms with Crippen LogP contribution >= 0.6 is 11.3 Å². The van der Waals surface area contributed by atoms with Gasteiger partial charge in [0.15, 0.2) is 0 Å². The molecule has 0 aliphatic heterocycles. The summed E-state index contributed by atoms with van der Waals surface area (Å²) in [6.45, 7) is 2.24. The lowest BCUT2D eigenvalue weighted by atomic mass is 10.1. The van der Waals surface area contributed by atoms with Gasteiger partial charge in [0.2, 0.25) is 0 Å². The van der Waals surface area contributed by atoms with Gasteiger partial charge in [0.1, 0.15) is 10.9 Å². The van der Waals surface area contributed by atoms with Crippen LogP contribution in [0.15, 0.2) is 30.5 Å². The van der Waals surface area contributed by atoms with Crippen molar-refractivity contribution >= 4 is 11.3 Å². The minimum Gasteiger partial charge on any atom is -0.261 e. The second-order valence-electron chi connectivity index (χ2n) is 4.98. The van der Waals surface area contributed by atoms with Crippen LogP contribution < -0.4 is 0 Å². The van der Waals surface area contributed by atoms with E-state index < -0.39 is 0 Å². The van der Waals surface area contributed by atoms with Crippen molar-refractivity contribution in [3.63, 3.8) is 0 Å². The smallest absolute Gasteiger partial charge is 0.110 e. The fourth-order valence-corrected chi connectivity index (χ4v) is 2.97. The summed E-state index contributed by atoms with van der Waals surface area (Å²) in [4.78, 5) is 6.40. The molecule has 0 fully saturated rings. The number of pyridine rings is 1. The molecule has 2 aromatic rings.